The van der Waals surface area contributed by atoms with Gasteiger partial charge >= 0.3 is 0 Å². The lowest BCUT2D eigenvalue weighted by Crippen LogP contribution is -2.42. The number of anilines is 3. The second-order valence-electron chi connectivity index (χ2n) is 9.30. The van der Waals surface area contributed by atoms with E-state index in [4.69, 9.17) is 26.9 Å². The molecule has 184 valence electrons. The summed E-state index contributed by atoms with van der Waals surface area (Å²) in [6, 6.07) is 2.12. The van der Waals surface area contributed by atoms with Gasteiger partial charge in [-0.1, -0.05) is 0 Å². The van der Waals surface area contributed by atoms with E-state index in [9.17, 15) is 0 Å². The second kappa shape index (κ2) is 12.5. The number of hydrogen-bond donors (Lipinski definition) is 3. The Morgan fingerprint density at radius 2 is 1.76 bits per heavy atom. The topological polar surface area (TPSA) is 80.8 Å². The Kier molecular flexibility index (Phi) is 9.19. The molecule has 0 aromatic carbocycles. The fourth-order valence-corrected chi connectivity index (χ4v) is 4.79. The molecule has 0 amide bonds. The van der Waals surface area contributed by atoms with Gasteiger partial charge in [0.1, 0.15) is 11.6 Å². The van der Waals surface area contributed by atoms with E-state index in [1.54, 1.807) is 0 Å². The molecule has 3 saturated heterocycles. The molecule has 3 aliphatic heterocycles. The molecule has 0 spiro atoms. The van der Waals surface area contributed by atoms with E-state index < -0.39 is 0 Å². The lowest BCUT2D eigenvalue weighted by Gasteiger charge is -2.22. The molecule has 1 aromatic heterocycles. The lowest BCUT2D eigenvalue weighted by atomic mass is 10.2. The monoisotopic (exact) mass is 476 g/mol. The van der Waals surface area contributed by atoms with E-state index in [2.05, 4.69) is 43.8 Å². The molecule has 0 bridgehead atoms. The zero-order valence-corrected chi connectivity index (χ0v) is 20.8. The van der Waals surface area contributed by atoms with E-state index in [0.29, 0.717) is 11.2 Å². The molecule has 3 N–H and O–H groups in total. The summed E-state index contributed by atoms with van der Waals surface area (Å²) in [4.78, 5) is 16.7. The summed E-state index contributed by atoms with van der Waals surface area (Å²) in [5.41, 5.74) is 0. The van der Waals surface area contributed by atoms with Gasteiger partial charge in [-0.15, -0.1) is 0 Å². The van der Waals surface area contributed by atoms with Gasteiger partial charge in [-0.05, 0) is 57.8 Å². The Morgan fingerprint density at radius 1 is 1.03 bits per heavy atom. The van der Waals surface area contributed by atoms with Crippen LogP contribution in [0.25, 0.3) is 0 Å². The van der Waals surface area contributed by atoms with Crippen LogP contribution < -0.4 is 25.8 Å². The number of thiocarbonyl (C=S) groups is 1. The Hall–Kier alpha value is -1.91. The molecule has 33 heavy (non-hydrogen) atoms. The number of hydrogen-bond acceptors (Lipinski definition) is 8. The van der Waals surface area contributed by atoms with Crippen molar-refractivity contribution in [3.63, 3.8) is 0 Å². The molecular formula is C23H40N8OS. The van der Waals surface area contributed by atoms with Gasteiger partial charge in [0, 0.05) is 71.6 Å². The van der Waals surface area contributed by atoms with Crippen molar-refractivity contribution in [2.75, 3.05) is 87.7 Å². The van der Waals surface area contributed by atoms with E-state index in [-0.39, 0.29) is 0 Å². The highest BCUT2D eigenvalue weighted by molar-refractivity contribution is 7.80. The Bertz CT molecular complexity index is 714. The van der Waals surface area contributed by atoms with Crippen molar-refractivity contribution in [2.24, 2.45) is 0 Å². The van der Waals surface area contributed by atoms with Crippen LogP contribution in [0.5, 0.6) is 0 Å². The Balaban J connectivity index is 1.18. The average molecular weight is 477 g/mol. The summed E-state index contributed by atoms with van der Waals surface area (Å²) in [5.74, 6) is 2.87. The largest absolute Gasteiger partial charge is 0.376 e. The van der Waals surface area contributed by atoms with Crippen LogP contribution in [-0.2, 0) is 4.74 Å². The van der Waals surface area contributed by atoms with Crippen LogP contribution in [0.4, 0.5) is 17.6 Å². The number of aromatic nitrogens is 2. The van der Waals surface area contributed by atoms with E-state index in [1.165, 1.54) is 25.7 Å². The lowest BCUT2D eigenvalue weighted by molar-refractivity contribution is 0.114. The first-order chi connectivity index (χ1) is 16.2. The van der Waals surface area contributed by atoms with Crippen LogP contribution in [-0.4, -0.2) is 98.6 Å². The normalized spacial score (nSPS) is 20.6. The molecule has 1 unspecified atom stereocenters. The minimum atomic E-state index is 0.303. The summed E-state index contributed by atoms with van der Waals surface area (Å²) in [5, 5.41) is 10.8. The van der Waals surface area contributed by atoms with Crippen LogP contribution >= 0.6 is 12.2 Å². The van der Waals surface area contributed by atoms with Gasteiger partial charge in [0.2, 0.25) is 5.95 Å². The van der Waals surface area contributed by atoms with Crippen molar-refractivity contribution in [1.29, 1.82) is 0 Å². The summed E-state index contributed by atoms with van der Waals surface area (Å²) >= 11 is 5.38. The first-order valence-corrected chi connectivity index (χ1v) is 13.0. The zero-order chi connectivity index (χ0) is 22.9. The van der Waals surface area contributed by atoms with Crippen LogP contribution in [0.1, 0.15) is 38.5 Å². The SMILES string of the molecule is CN(CCNC(=S)NCC1CCCO1)CCNc1cc(N2CCCC2)nc(N2CCCC2)n1. The van der Waals surface area contributed by atoms with Crippen molar-refractivity contribution in [3.05, 3.63) is 6.07 Å². The highest BCUT2D eigenvalue weighted by Gasteiger charge is 2.20. The predicted molar refractivity (Wildman–Crippen MR) is 138 cm³/mol. The predicted octanol–water partition coefficient (Wildman–Crippen LogP) is 1.66. The highest BCUT2D eigenvalue weighted by atomic mass is 32.1. The minimum absolute atomic E-state index is 0.303. The molecule has 0 aliphatic carbocycles. The maximum absolute atomic E-state index is 5.62. The molecule has 1 aromatic rings. The average Bonchev–Trinajstić information content (AvgIpc) is 3.61. The van der Waals surface area contributed by atoms with Gasteiger partial charge in [-0.25, -0.2) is 0 Å². The summed E-state index contributed by atoms with van der Waals surface area (Å²) in [6.07, 6.45) is 7.53. The minimum Gasteiger partial charge on any atom is -0.376 e. The molecule has 1 atom stereocenters. The van der Waals surface area contributed by atoms with Gasteiger partial charge in [-0.3, -0.25) is 0 Å². The van der Waals surface area contributed by atoms with Gasteiger partial charge in [-0.2, -0.15) is 9.97 Å². The Labute approximate surface area is 203 Å². The third kappa shape index (κ3) is 7.55. The van der Waals surface area contributed by atoms with E-state index >= 15 is 0 Å². The highest BCUT2D eigenvalue weighted by Crippen LogP contribution is 2.25. The first-order valence-electron chi connectivity index (χ1n) is 12.6. The number of likely N-dealkylation sites (N-methyl/N-ethyl adjacent to an activating group) is 1. The molecule has 4 heterocycles. The quantitative estimate of drug-likeness (QED) is 0.410. The van der Waals surface area contributed by atoms with Crippen LogP contribution in [0.3, 0.4) is 0 Å². The van der Waals surface area contributed by atoms with Crippen LogP contribution in [0.15, 0.2) is 6.07 Å². The standard InChI is InChI=1S/C23H40N8OS/c1-29(15-9-25-23(33)26-18-19-7-6-16-32-19)14-8-24-20-17-21(30-10-2-3-11-30)28-22(27-20)31-12-4-5-13-31/h17,19H,2-16,18H2,1H3,(H,24,27,28)(H2,25,26,33). The maximum Gasteiger partial charge on any atom is 0.229 e. The molecule has 3 aliphatic rings. The summed E-state index contributed by atoms with van der Waals surface area (Å²) < 4.78 is 5.62. The third-order valence-corrected chi connectivity index (χ3v) is 6.90. The number of nitrogens with zero attached hydrogens (tertiary/aromatic N) is 5. The van der Waals surface area contributed by atoms with Crippen molar-refractivity contribution in [2.45, 2.75) is 44.6 Å². The number of rotatable bonds is 11. The van der Waals surface area contributed by atoms with Gasteiger partial charge < -0.3 is 35.4 Å². The van der Waals surface area contributed by atoms with Crippen molar-refractivity contribution < 1.29 is 4.74 Å². The molecule has 9 nitrogen and oxygen atoms in total. The second-order valence-corrected chi connectivity index (χ2v) is 9.71. The fourth-order valence-electron chi connectivity index (χ4n) is 4.60. The third-order valence-electron chi connectivity index (χ3n) is 6.61. The summed E-state index contributed by atoms with van der Waals surface area (Å²) in [7, 11) is 2.14. The zero-order valence-electron chi connectivity index (χ0n) is 20.0. The van der Waals surface area contributed by atoms with E-state index in [1.807, 2.05) is 0 Å². The van der Waals surface area contributed by atoms with Crippen LogP contribution in [0, 0.1) is 0 Å². The van der Waals surface area contributed by atoms with Gasteiger partial charge in [0.25, 0.3) is 0 Å². The smallest absolute Gasteiger partial charge is 0.229 e. The van der Waals surface area contributed by atoms with Crippen molar-refractivity contribution in [3.8, 4) is 0 Å². The van der Waals surface area contributed by atoms with Gasteiger partial charge in [0.05, 0.1) is 6.10 Å². The van der Waals surface area contributed by atoms with Crippen molar-refractivity contribution in [1.82, 2.24) is 25.5 Å². The Morgan fingerprint density at radius 3 is 2.48 bits per heavy atom. The molecular weight excluding hydrogens is 436 g/mol. The first kappa shape index (κ1) is 24.2. The molecule has 0 radical (unpaired) electrons. The number of nitrogens with one attached hydrogen (secondary N) is 3. The molecule has 10 heteroatoms. The number of ether oxygens (including phenoxy) is 1. The van der Waals surface area contributed by atoms with Gasteiger partial charge in [0.15, 0.2) is 5.11 Å². The molecule has 4 rings (SSSR count). The van der Waals surface area contributed by atoms with E-state index in [0.717, 1.165) is 95.9 Å². The van der Waals surface area contributed by atoms with Crippen molar-refractivity contribution >= 4 is 34.9 Å². The summed E-state index contributed by atoms with van der Waals surface area (Å²) in [6.45, 7) is 9.49. The van der Waals surface area contributed by atoms with Crippen LogP contribution in [0.2, 0.25) is 0 Å². The maximum atomic E-state index is 5.62. The fraction of sp³-hybridized carbons (Fsp3) is 0.783. The molecule has 3 fully saturated rings. The molecule has 0 saturated carbocycles.